The van der Waals surface area contributed by atoms with Crippen molar-refractivity contribution in [3.63, 3.8) is 0 Å². The number of hydrogen-bond acceptors (Lipinski definition) is 8. The molecule has 0 radical (unpaired) electrons. The van der Waals surface area contributed by atoms with E-state index in [9.17, 15) is 26.3 Å². The Bertz CT molecular complexity index is 987. The Kier molecular flexibility index (Phi) is 11.5. The van der Waals surface area contributed by atoms with E-state index in [2.05, 4.69) is 31.5 Å². The molecule has 0 aliphatic carbocycles. The molecular formula is C21H27F6N5O5S. The summed E-state index contributed by atoms with van der Waals surface area (Å²) in [4.78, 5) is 27.5. The van der Waals surface area contributed by atoms with Crippen molar-refractivity contribution in [2.45, 2.75) is 43.8 Å². The van der Waals surface area contributed by atoms with Crippen LogP contribution in [0.3, 0.4) is 0 Å². The Balaban J connectivity index is 0.000000301. The second-order valence-corrected chi connectivity index (χ2v) is 9.28. The normalized spacial score (nSPS) is 20.7. The van der Waals surface area contributed by atoms with Crippen molar-refractivity contribution in [2.75, 3.05) is 32.8 Å². The average Bonchev–Trinajstić information content (AvgIpc) is 3.57. The van der Waals surface area contributed by atoms with Crippen LogP contribution in [0.2, 0.25) is 0 Å². The number of thiazole rings is 1. The second kappa shape index (κ2) is 13.9. The molecule has 2 fully saturated rings. The third-order valence-corrected chi connectivity index (χ3v) is 6.41. The van der Waals surface area contributed by atoms with Crippen LogP contribution in [0.25, 0.3) is 0 Å². The molecule has 0 unspecified atom stereocenters. The molecule has 38 heavy (non-hydrogen) atoms. The van der Waals surface area contributed by atoms with Gasteiger partial charge in [0.1, 0.15) is 5.01 Å². The summed E-state index contributed by atoms with van der Waals surface area (Å²) in [5.41, 5.74) is 1.33. The van der Waals surface area contributed by atoms with Crippen molar-refractivity contribution in [1.29, 1.82) is 0 Å². The predicted octanol–water partition coefficient (Wildman–Crippen LogP) is 2.66. The van der Waals surface area contributed by atoms with Gasteiger partial charge in [-0.1, -0.05) is 0 Å². The van der Waals surface area contributed by atoms with Gasteiger partial charge in [-0.25, -0.2) is 14.6 Å². The van der Waals surface area contributed by atoms with Crippen LogP contribution in [0.4, 0.5) is 26.3 Å². The van der Waals surface area contributed by atoms with Gasteiger partial charge < -0.3 is 14.9 Å². The van der Waals surface area contributed by atoms with Crippen LogP contribution in [0.5, 0.6) is 0 Å². The van der Waals surface area contributed by atoms with E-state index in [1.165, 1.54) is 17.0 Å². The Hall–Kier alpha value is -2.76. The first-order chi connectivity index (χ1) is 17.7. The van der Waals surface area contributed by atoms with Crippen LogP contribution in [0, 0.1) is 0 Å². The fraction of sp³-hybridized carbons (Fsp3) is 0.619. The Morgan fingerprint density at radius 2 is 1.66 bits per heavy atom. The quantitative estimate of drug-likeness (QED) is 0.519. The van der Waals surface area contributed by atoms with E-state index < -0.39 is 24.3 Å². The topological polar surface area (TPSA) is 121 Å². The van der Waals surface area contributed by atoms with E-state index in [0.717, 1.165) is 45.8 Å². The van der Waals surface area contributed by atoms with Crippen molar-refractivity contribution < 1.29 is 50.9 Å². The first-order valence-electron chi connectivity index (χ1n) is 11.2. The lowest BCUT2D eigenvalue weighted by Gasteiger charge is -2.37. The Labute approximate surface area is 217 Å². The molecule has 2 saturated heterocycles. The summed E-state index contributed by atoms with van der Waals surface area (Å²) in [6, 6.07) is 1.13. The van der Waals surface area contributed by atoms with Crippen molar-refractivity contribution in [3.8, 4) is 0 Å². The number of ether oxygens (including phenoxy) is 1. The first kappa shape index (κ1) is 31.5. The van der Waals surface area contributed by atoms with Crippen LogP contribution < -0.4 is 0 Å². The minimum absolute atomic E-state index is 0.524. The fourth-order valence-corrected chi connectivity index (χ4v) is 4.66. The maximum Gasteiger partial charge on any atom is 0.490 e. The molecule has 2 aliphatic heterocycles. The van der Waals surface area contributed by atoms with Crippen molar-refractivity contribution in [3.05, 3.63) is 34.5 Å². The largest absolute Gasteiger partial charge is 0.490 e. The van der Waals surface area contributed by atoms with Crippen molar-refractivity contribution >= 4 is 23.3 Å². The zero-order valence-electron chi connectivity index (χ0n) is 20.2. The molecule has 0 spiro atoms. The van der Waals surface area contributed by atoms with E-state index in [4.69, 9.17) is 24.5 Å². The lowest BCUT2D eigenvalue weighted by molar-refractivity contribution is -0.193. The van der Waals surface area contributed by atoms with Gasteiger partial charge in [0.15, 0.2) is 0 Å². The van der Waals surface area contributed by atoms with Gasteiger partial charge in [-0.05, 0) is 18.4 Å². The summed E-state index contributed by atoms with van der Waals surface area (Å²) >= 11 is 1.76. The Morgan fingerprint density at radius 3 is 2.11 bits per heavy atom. The minimum Gasteiger partial charge on any atom is -0.475 e. The molecule has 2 atom stereocenters. The van der Waals surface area contributed by atoms with Crippen LogP contribution >= 0.6 is 11.3 Å². The highest BCUT2D eigenvalue weighted by Crippen LogP contribution is 2.28. The number of likely N-dealkylation sites (tertiary alicyclic amines) is 1. The highest BCUT2D eigenvalue weighted by atomic mass is 32.1. The van der Waals surface area contributed by atoms with Gasteiger partial charge in [0.25, 0.3) is 0 Å². The molecule has 0 aromatic carbocycles. The standard InChI is InChI=1S/C17H25N5OS.2C2HF3O2/c1-20-12-14(11-19-20)10-16-15(21-5-7-23-8-6-21)2-4-22(16)13-17-18-3-9-24-17;2*3-2(4,5)1(6)7/h3,9,11-12,15-16H,2,4-8,10,13H2,1H3;2*(H,6,7)/t15-,16+;;/m1../s1. The van der Waals surface area contributed by atoms with Crippen LogP contribution in [0.1, 0.15) is 17.0 Å². The van der Waals surface area contributed by atoms with Gasteiger partial charge in [0.2, 0.25) is 0 Å². The van der Waals surface area contributed by atoms with Crippen molar-refractivity contribution in [2.24, 2.45) is 7.05 Å². The monoisotopic (exact) mass is 575 g/mol. The molecule has 4 heterocycles. The number of carboxylic acid groups (broad SMARTS) is 2. The number of morpholine rings is 1. The summed E-state index contributed by atoms with van der Waals surface area (Å²) in [6.07, 6.45) is -1.81. The highest BCUT2D eigenvalue weighted by molar-refractivity contribution is 7.09. The van der Waals surface area contributed by atoms with E-state index in [0.29, 0.717) is 12.1 Å². The molecular weight excluding hydrogens is 548 g/mol. The molecule has 2 aromatic heterocycles. The fourth-order valence-electron chi connectivity index (χ4n) is 4.02. The number of carbonyl (C=O) groups is 2. The summed E-state index contributed by atoms with van der Waals surface area (Å²) in [6.45, 7) is 5.94. The molecule has 214 valence electrons. The van der Waals surface area contributed by atoms with Gasteiger partial charge in [-0.15, -0.1) is 11.3 Å². The maximum atomic E-state index is 10.6. The van der Waals surface area contributed by atoms with Gasteiger partial charge in [-0.3, -0.25) is 14.5 Å². The molecule has 2 N–H and O–H groups in total. The zero-order chi connectivity index (χ0) is 28.5. The van der Waals surface area contributed by atoms with Gasteiger partial charge in [0, 0.05) is 56.5 Å². The zero-order valence-corrected chi connectivity index (χ0v) is 21.0. The number of hydrogen-bond donors (Lipinski definition) is 2. The van der Waals surface area contributed by atoms with Crippen LogP contribution in [-0.4, -0.2) is 104 Å². The minimum atomic E-state index is -5.08. The smallest absolute Gasteiger partial charge is 0.475 e. The number of aliphatic carboxylic acids is 2. The van der Waals surface area contributed by atoms with E-state index >= 15 is 0 Å². The third kappa shape index (κ3) is 10.2. The lowest BCUT2D eigenvalue weighted by Crippen LogP contribution is -2.50. The number of alkyl halides is 6. The first-order valence-corrected chi connectivity index (χ1v) is 12.1. The molecule has 0 bridgehead atoms. The van der Waals surface area contributed by atoms with E-state index in [1.807, 2.05) is 24.1 Å². The molecule has 0 saturated carbocycles. The maximum absolute atomic E-state index is 10.6. The average molecular weight is 576 g/mol. The molecule has 2 aromatic rings. The number of aryl methyl sites for hydroxylation is 1. The SMILES string of the molecule is Cn1cc(C[C@H]2[C@H](N3CCOCC3)CCN2Cc2nccs2)cn1.O=C(O)C(F)(F)F.O=C(O)C(F)(F)F. The molecule has 10 nitrogen and oxygen atoms in total. The molecule has 4 rings (SSSR count). The van der Waals surface area contributed by atoms with Gasteiger partial charge in [0.05, 0.1) is 26.0 Å². The highest BCUT2D eigenvalue weighted by Gasteiger charge is 2.39. The number of aromatic nitrogens is 3. The summed E-state index contributed by atoms with van der Waals surface area (Å²) in [5, 5.41) is 21.9. The van der Waals surface area contributed by atoms with Crippen molar-refractivity contribution in [1.82, 2.24) is 24.6 Å². The number of nitrogens with zero attached hydrogens (tertiary/aromatic N) is 5. The second-order valence-electron chi connectivity index (χ2n) is 8.30. The number of halogens is 6. The third-order valence-electron chi connectivity index (χ3n) is 5.65. The summed E-state index contributed by atoms with van der Waals surface area (Å²) in [5.74, 6) is -5.51. The lowest BCUT2D eigenvalue weighted by atomic mass is 10.0. The number of rotatable bonds is 5. The molecule has 2 aliphatic rings. The number of carboxylic acids is 2. The van der Waals surface area contributed by atoms with Crippen LogP contribution in [0.15, 0.2) is 24.0 Å². The molecule has 17 heteroatoms. The molecule has 0 amide bonds. The van der Waals surface area contributed by atoms with Crippen LogP contribution in [-0.2, 0) is 34.3 Å². The van der Waals surface area contributed by atoms with E-state index in [1.54, 1.807) is 11.3 Å². The Morgan fingerprint density at radius 1 is 1.08 bits per heavy atom. The van der Waals surface area contributed by atoms with Gasteiger partial charge in [-0.2, -0.15) is 31.4 Å². The van der Waals surface area contributed by atoms with E-state index in [-0.39, 0.29) is 0 Å². The van der Waals surface area contributed by atoms with Gasteiger partial charge >= 0.3 is 24.3 Å². The summed E-state index contributed by atoms with van der Waals surface area (Å²) < 4.78 is 70.9. The summed E-state index contributed by atoms with van der Waals surface area (Å²) in [7, 11) is 1.99. The predicted molar refractivity (Wildman–Crippen MR) is 121 cm³/mol.